The number of carbonyl (C=O) groups is 3. The third kappa shape index (κ3) is 6.53. The van der Waals surface area contributed by atoms with Gasteiger partial charge >= 0.3 is 11.8 Å². The lowest BCUT2D eigenvalue weighted by atomic mass is 10.1. The summed E-state index contributed by atoms with van der Waals surface area (Å²) in [5.74, 6) is -1.29. The molecule has 0 saturated heterocycles. The van der Waals surface area contributed by atoms with Gasteiger partial charge in [-0.25, -0.2) is 0 Å². The summed E-state index contributed by atoms with van der Waals surface area (Å²) < 4.78 is 11.1. The smallest absolute Gasteiger partial charge is 0.316 e. The second-order valence-electron chi connectivity index (χ2n) is 6.06. The number of nitrogens with one attached hydrogen (secondary N) is 2. The molecule has 0 atom stereocenters. The largest absolute Gasteiger partial charge is 0.490 e. The molecule has 4 N–H and O–H groups in total. The molecular formula is C21H25N3O5. The van der Waals surface area contributed by atoms with E-state index in [2.05, 4.69) is 5.32 Å². The minimum absolute atomic E-state index is 0.224. The fourth-order valence-corrected chi connectivity index (χ4v) is 2.52. The molecule has 0 aliphatic carbocycles. The van der Waals surface area contributed by atoms with Crippen molar-refractivity contribution in [2.45, 2.75) is 20.3 Å². The van der Waals surface area contributed by atoms with E-state index in [4.69, 9.17) is 15.2 Å². The molecule has 29 heavy (non-hydrogen) atoms. The van der Waals surface area contributed by atoms with Gasteiger partial charge in [0.05, 0.1) is 13.2 Å². The predicted molar refractivity (Wildman–Crippen MR) is 109 cm³/mol. The molecule has 0 bridgehead atoms. The molecule has 0 fully saturated rings. The zero-order chi connectivity index (χ0) is 21.2. The molecule has 0 unspecified atom stereocenters. The SMILES string of the molecule is CCOc1ccc(CCNC(=O)C(=O)NC(=O)c2ccc(N)cc2)cc1OCC. The quantitative estimate of drug-likeness (QED) is 0.459. The Morgan fingerprint density at radius 3 is 2.21 bits per heavy atom. The zero-order valence-corrected chi connectivity index (χ0v) is 16.5. The van der Waals surface area contributed by atoms with Crippen LogP contribution >= 0.6 is 0 Å². The maximum atomic E-state index is 12.0. The van der Waals surface area contributed by atoms with Gasteiger partial charge in [0, 0.05) is 17.8 Å². The maximum absolute atomic E-state index is 12.0. The van der Waals surface area contributed by atoms with Gasteiger partial charge < -0.3 is 20.5 Å². The number of carbonyl (C=O) groups excluding carboxylic acids is 3. The molecule has 8 nitrogen and oxygen atoms in total. The average Bonchev–Trinajstić information content (AvgIpc) is 2.70. The Kier molecular flexibility index (Phi) is 8.02. The van der Waals surface area contributed by atoms with Crippen LogP contribution < -0.4 is 25.8 Å². The van der Waals surface area contributed by atoms with E-state index in [1.54, 1.807) is 0 Å². The van der Waals surface area contributed by atoms with Crippen molar-refractivity contribution in [1.29, 1.82) is 0 Å². The molecule has 2 aromatic carbocycles. The monoisotopic (exact) mass is 399 g/mol. The van der Waals surface area contributed by atoms with Crippen LogP contribution in [0.3, 0.4) is 0 Å². The van der Waals surface area contributed by atoms with Crippen LogP contribution in [-0.4, -0.2) is 37.5 Å². The number of nitrogens with two attached hydrogens (primary N) is 1. The summed E-state index contributed by atoms with van der Waals surface area (Å²) in [6, 6.07) is 11.5. The van der Waals surface area contributed by atoms with E-state index in [1.165, 1.54) is 24.3 Å². The lowest BCUT2D eigenvalue weighted by molar-refractivity contribution is -0.138. The summed E-state index contributed by atoms with van der Waals surface area (Å²) in [6.45, 7) is 5.03. The molecular weight excluding hydrogens is 374 g/mol. The molecule has 0 radical (unpaired) electrons. The van der Waals surface area contributed by atoms with Crippen molar-refractivity contribution < 1.29 is 23.9 Å². The normalized spacial score (nSPS) is 10.1. The average molecular weight is 399 g/mol. The molecule has 2 rings (SSSR count). The minimum atomic E-state index is -1.02. The van der Waals surface area contributed by atoms with Gasteiger partial charge in [-0.15, -0.1) is 0 Å². The third-order valence-electron chi connectivity index (χ3n) is 3.91. The molecule has 0 heterocycles. The fraction of sp³-hybridized carbons (Fsp3) is 0.286. The Morgan fingerprint density at radius 1 is 0.897 bits per heavy atom. The number of amides is 3. The summed E-state index contributed by atoms with van der Waals surface area (Å²) in [4.78, 5) is 35.8. The highest BCUT2D eigenvalue weighted by molar-refractivity contribution is 6.38. The van der Waals surface area contributed by atoms with Crippen LogP contribution in [0.5, 0.6) is 11.5 Å². The first-order valence-corrected chi connectivity index (χ1v) is 9.32. The first-order valence-electron chi connectivity index (χ1n) is 9.32. The summed E-state index contributed by atoms with van der Waals surface area (Å²) in [5.41, 5.74) is 7.19. The molecule has 0 aliphatic rings. The van der Waals surface area contributed by atoms with Gasteiger partial charge in [0.15, 0.2) is 11.5 Å². The van der Waals surface area contributed by atoms with Crippen molar-refractivity contribution in [2.24, 2.45) is 0 Å². The van der Waals surface area contributed by atoms with E-state index in [9.17, 15) is 14.4 Å². The first-order chi connectivity index (χ1) is 13.9. The fourth-order valence-electron chi connectivity index (χ4n) is 2.52. The first kappa shape index (κ1) is 21.7. The van der Waals surface area contributed by atoms with Gasteiger partial charge in [0.25, 0.3) is 5.91 Å². The second kappa shape index (κ2) is 10.7. The van der Waals surface area contributed by atoms with E-state index >= 15 is 0 Å². The Bertz CT molecular complexity index is 865. The highest BCUT2D eigenvalue weighted by Gasteiger charge is 2.17. The number of hydrogen-bond acceptors (Lipinski definition) is 6. The van der Waals surface area contributed by atoms with E-state index in [0.29, 0.717) is 36.8 Å². The molecule has 0 aromatic heterocycles. The summed E-state index contributed by atoms with van der Waals surface area (Å²) in [5, 5.41) is 4.54. The Hall–Kier alpha value is -3.55. The van der Waals surface area contributed by atoms with E-state index < -0.39 is 17.7 Å². The lowest BCUT2D eigenvalue weighted by Gasteiger charge is -2.12. The van der Waals surface area contributed by atoms with Gasteiger partial charge in [0.2, 0.25) is 0 Å². The van der Waals surface area contributed by atoms with Gasteiger partial charge in [-0.2, -0.15) is 0 Å². The molecule has 154 valence electrons. The van der Waals surface area contributed by atoms with Crippen LogP contribution in [0.15, 0.2) is 42.5 Å². The van der Waals surface area contributed by atoms with Crippen molar-refractivity contribution in [2.75, 3.05) is 25.5 Å². The molecule has 8 heteroatoms. The standard InChI is InChI=1S/C21H25N3O5/c1-3-28-17-10-5-14(13-18(17)29-4-2)11-12-23-20(26)21(27)24-19(25)15-6-8-16(22)9-7-15/h5-10,13H,3-4,11-12,22H2,1-2H3,(H,23,26)(H,24,25,27). The van der Waals surface area contributed by atoms with Crippen LogP contribution in [0.4, 0.5) is 5.69 Å². The van der Waals surface area contributed by atoms with Crippen LogP contribution in [-0.2, 0) is 16.0 Å². The third-order valence-corrected chi connectivity index (χ3v) is 3.91. The van der Waals surface area contributed by atoms with E-state index in [0.717, 1.165) is 5.56 Å². The van der Waals surface area contributed by atoms with Crippen molar-refractivity contribution in [1.82, 2.24) is 10.6 Å². The number of hydrogen-bond donors (Lipinski definition) is 3. The second-order valence-corrected chi connectivity index (χ2v) is 6.06. The molecule has 0 spiro atoms. The maximum Gasteiger partial charge on any atom is 0.316 e. The van der Waals surface area contributed by atoms with Gasteiger partial charge in [-0.1, -0.05) is 6.07 Å². The minimum Gasteiger partial charge on any atom is -0.490 e. The van der Waals surface area contributed by atoms with Gasteiger partial charge in [-0.3, -0.25) is 19.7 Å². The van der Waals surface area contributed by atoms with Crippen molar-refractivity contribution in [3.05, 3.63) is 53.6 Å². The number of anilines is 1. The van der Waals surface area contributed by atoms with Crippen LogP contribution in [0.25, 0.3) is 0 Å². The van der Waals surface area contributed by atoms with Crippen LogP contribution in [0.2, 0.25) is 0 Å². The Balaban J connectivity index is 1.85. The number of benzene rings is 2. The number of imide groups is 1. The number of ether oxygens (including phenoxy) is 2. The lowest BCUT2D eigenvalue weighted by Crippen LogP contribution is -2.43. The topological polar surface area (TPSA) is 120 Å². The number of nitrogen functional groups attached to an aromatic ring is 1. The molecule has 0 aliphatic heterocycles. The van der Waals surface area contributed by atoms with Gasteiger partial charge in [0.1, 0.15) is 0 Å². The van der Waals surface area contributed by atoms with Crippen molar-refractivity contribution in [3.8, 4) is 11.5 Å². The summed E-state index contributed by atoms with van der Waals surface area (Å²) in [7, 11) is 0. The predicted octanol–water partition coefficient (Wildman–Crippen LogP) is 1.68. The highest BCUT2D eigenvalue weighted by Crippen LogP contribution is 2.28. The Labute approximate surface area is 169 Å². The highest BCUT2D eigenvalue weighted by atomic mass is 16.5. The van der Waals surface area contributed by atoms with E-state index in [-0.39, 0.29) is 12.1 Å². The summed E-state index contributed by atoms with van der Waals surface area (Å²) >= 11 is 0. The summed E-state index contributed by atoms with van der Waals surface area (Å²) in [6.07, 6.45) is 0.484. The van der Waals surface area contributed by atoms with E-state index in [1.807, 2.05) is 37.4 Å². The van der Waals surface area contributed by atoms with Crippen LogP contribution in [0, 0.1) is 0 Å². The van der Waals surface area contributed by atoms with Crippen molar-refractivity contribution in [3.63, 3.8) is 0 Å². The number of rotatable bonds is 8. The Morgan fingerprint density at radius 2 is 1.55 bits per heavy atom. The molecule has 2 aromatic rings. The molecule has 3 amide bonds. The molecule has 0 saturated carbocycles. The van der Waals surface area contributed by atoms with Crippen LogP contribution in [0.1, 0.15) is 29.8 Å². The van der Waals surface area contributed by atoms with Gasteiger partial charge in [-0.05, 0) is 62.2 Å². The zero-order valence-electron chi connectivity index (χ0n) is 16.5. The van der Waals surface area contributed by atoms with Crippen molar-refractivity contribution >= 4 is 23.4 Å².